The van der Waals surface area contributed by atoms with Gasteiger partial charge in [-0.05, 0) is 36.4 Å². The van der Waals surface area contributed by atoms with Crippen molar-refractivity contribution in [2.45, 2.75) is 5.16 Å². The third-order valence-corrected chi connectivity index (χ3v) is 5.60. The van der Waals surface area contributed by atoms with Gasteiger partial charge in [0.15, 0.2) is 16.7 Å². The fourth-order valence-electron chi connectivity index (χ4n) is 2.66. The van der Waals surface area contributed by atoms with Crippen LogP contribution in [0.1, 0.15) is 0 Å². The summed E-state index contributed by atoms with van der Waals surface area (Å²) in [5, 5.41) is 13.8. The summed E-state index contributed by atoms with van der Waals surface area (Å²) in [7, 11) is 1.82. The van der Waals surface area contributed by atoms with E-state index in [4.69, 9.17) is 27.6 Å². The lowest BCUT2D eigenvalue weighted by Gasteiger charge is -2.06. The third-order valence-electron chi connectivity index (χ3n) is 4.01. The SMILES string of the molecule is Cn1c(SCC(=O)Nc2ccccc2Cl)nnc1-c1cc2cc(Cl)ccc2o1. The number of para-hydroxylation sites is 1. The van der Waals surface area contributed by atoms with Crippen molar-refractivity contribution in [2.75, 3.05) is 11.1 Å². The smallest absolute Gasteiger partial charge is 0.234 e. The number of benzene rings is 2. The van der Waals surface area contributed by atoms with E-state index in [0.717, 1.165) is 11.0 Å². The Balaban J connectivity index is 1.47. The Labute approximate surface area is 174 Å². The molecular weight excluding hydrogens is 419 g/mol. The molecule has 142 valence electrons. The molecule has 2 aromatic carbocycles. The standard InChI is InChI=1S/C19H14Cl2N4O2S/c1-25-18(16-9-11-8-12(20)6-7-15(11)27-16)23-24-19(25)28-10-17(26)22-14-5-3-2-4-13(14)21/h2-9H,10H2,1H3,(H,22,26). The number of nitrogens with one attached hydrogen (secondary N) is 1. The van der Waals surface area contributed by atoms with E-state index in [1.165, 1.54) is 11.8 Å². The number of halogens is 2. The van der Waals surface area contributed by atoms with Crippen molar-refractivity contribution >= 4 is 57.5 Å². The number of hydrogen-bond acceptors (Lipinski definition) is 5. The minimum Gasteiger partial charge on any atom is -0.453 e. The number of carbonyl (C=O) groups excluding carboxylic acids is 1. The monoisotopic (exact) mass is 432 g/mol. The number of thioether (sulfide) groups is 1. The number of amides is 1. The van der Waals surface area contributed by atoms with Crippen LogP contribution in [0, 0.1) is 0 Å². The summed E-state index contributed by atoms with van der Waals surface area (Å²) < 4.78 is 7.62. The molecule has 0 saturated carbocycles. The van der Waals surface area contributed by atoms with Gasteiger partial charge in [-0.2, -0.15) is 0 Å². The van der Waals surface area contributed by atoms with Crippen molar-refractivity contribution in [3.8, 4) is 11.6 Å². The maximum Gasteiger partial charge on any atom is 0.234 e. The van der Waals surface area contributed by atoms with E-state index >= 15 is 0 Å². The zero-order chi connectivity index (χ0) is 19.7. The van der Waals surface area contributed by atoms with Crippen LogP contribution in [0.5, 0.6) is 0 Å². The summed E-state index contributed by atoms with van der Waals surface area (Å²) in [5.41, 5.74) is 1.30. The number of nitrogens with zero attached hydrogens (tertiary/aromatic N) is 3. The van der Waals surface area contributed by atoms with Crippen molar-refractivity contribution in [1.29, 1.82) is 0 Å². The summed E-state index contributed by atoms with van der Waals surface area (Å²) in [4.78, 5) is 12.2. The quantitative estimate of drug-likeness (QED) is 0.435. The zero-order valence-corrected chi connectivity index (χ0v) is 17.0. The van der Waals surface area contributed by atoms with Gasteiger partial charge in [-0.3, -0.25) is 4.79 Å². The van der Waals surface area contributed by atoms with Crippen LogP contribution >= 0.6 is 35.0 Å². The first-order valence-corrected chi connectivity index (χ1v) is 10.0. The van der Waals surface area contributed by atoms with Crippen molar-refractivity contribution in [2.24, 2.45) is 7.05 Å². The molecular formula is C19H14Cl2N4O2S. The Morgan fingerprint density at radius 3 is 2.82 bits per heavy atom. The number of rotatable bonds is 5. The fourth-order valence-corrected chi connectivity index (χ4v) is 3.73. The highest BCUT2D eigenvalue weighted by atomic mass is 35.5. The molecule has 28 heavy (non-hydrogen) atoms. The average Bonchev–Trinajstić information content (AvgIpc) is 3.24. The summed E-state index contributed by atoms with van der Waals surface area (Å²) >= 11 is 13.4. The molecule has 0 bridgehead atoms. The van der Waals surface area contributed by atoms with Crippen LogP contribution in [0.2, 0.25) is 10.0 Å². The first-order valence-electron chi connectivity index (χ1n) is 8.27. The number of aromatic nitrogens is 3. The predicted molar refractivity (Wildman–Crippen MR) is 112 cm³/mol. The van der Waals surface area contributed by atoms with Gasteiger partial charge in [-0.1, -0.05) is 47.1 Å². The minimum absolute atomic E-state index is 0.174. The minimum atomic E-state index is -0.180. The van der Waals surface area contributed by atoms with Crippen LogP contribution in [0.3, 0.4) is 0 Å². The van der Waals surface area contributed by atoms with E-state index in [-0.39, 0.29) is 11.7 Å². The lowest BCUT2D eigenvalue weighted by molar-refractivity contribution is -0.113. The second-order valence-corrected chi connectivity index (χ2v) is 7.76. The number of anilines is 1. The van der Waals surface area contributed by atoms with Gasteiger partial charge in [0.05, 0.1) is 16.5 Å². The molecule has 0 unspecified atom stereocenters. The Morgan fingerprint density at radius 2 is 2.00 bits per heavy atom. The van der Waals surface area contributed by atoms with Crippen LogP contribution in [-0.4, -0.2) is 26.4 Å². The van der Waals surface area contributed by atoms with E-state index in [1.54, 1.807) is 28.8 Å². The molecule has 0 fully saturated rings. The van der Waals surface area contributed by atoms with Crippen LogP contribution in [0.4, 0.5) is 5.69 Å². The zero-order valence-electron chi connectivity index (χ0n) is 14.6. The molecule has 9 heteroatoms. The Hall–Kier alpha value is -2.48. The van der Waals surface area contributed by atoms with Crippen LogP contribution < -0.4 is 5.32 Å². The van der Waals surface area contributed by atoms with Crippen LogP contribution in [-0.2, 0) is 11.8 Å². The molecule has 0 saturated heterocycles. The van der Waals surface area contributed by atoms with Gasteiger partial charge in [-0.25, -0.2) is 0 Å². The summed E-state index contributed by atoms with van der Waals surface area (Å²) in [6.07, 6.45) is 0. The number of hydrogen-bond donors (Lipinski definition) is 1. The Kier molecular flexibility index (Phi) is 5.30. The first kappa shape index (κ1) is 18.9. The highest BCUT2D eigenvalue weighted by Crippen LogP contribution is 2.30. The van der Waals surface area contributed by atoms with Gasteiger partial charge in [0.25, 0.3) is 0 Å². The van der Waals surface area contributed by atoms with E-state index in [1.807, 2.05) is 31.3 Å². The molecule has 0 radical (unpaired) electrons. The Morgan fingerprint density at radius 1 is 1.18 bits per heavy atom. The largest absolute Gasteiger partial charge is 0.453 e. The van der Waals surface area contributed by atoms with Gasteiger partial charge in [0.2, 0.25) is 5.91 Å². The number of furan rings is 1. The third kappa shape index (κ3) is 3.87. The van der Waals surface area contributed by atoms with Gasteiger partial charge < -0.3 is 14.3 Å². The van der Waals surface area contributed by atoms with Crippen molar-refractivity contribution in [3.05, 3.63) is 58.6 Å². The maximum absolute atomic E-state index is 12.2. The lowest BCUT2D eigenvalue weighted by atomic mass is 10.2. The summed E-state index contributed by atoms with van der Waals surface area (Å²) in [6.45, 7) is 0. The molecule has 4 rings (SSSR count). The van der Waals surface area contributed by atoms with E-state index in [2.05, 4.69) is 15.5 Å². The van der Waals surface area contributed by atoms with E-state index in [0.29, 0.717) is 32.5 Å². The molecule has 0 aliphatic rings. The van der Waals surface area contributed by atoms with Gasteiger partial charge in [0.1, 0.15) is 5.58 Å². The summed E-state index contributed by atoms with van der Waals surface area (Å²) in [5.74, 6) is 1.15. The second kappa shape index (κ2) is 7.87. The second-order valence-electron chi connectivity index (χ2n) is 5.97. The van der Waals surface area contributed by atoms with E-state index in [9.17, 15) is 4.79 Å². The normalized spacial score (nSPS) is 11.1. The molecule has 1 N–H and O–H groups in total. The molecule has 4 aromatic rings. The number of carbonyl (C=O) groups is 1. The van der Waals surface area contributed by atoms with Crippen molar-refractivity contribution in [3.63, 3.8) is 0 Å². The van der Waals surface area contributed by atoms with E-state index < -0.39 is 0 Å². The van der Waals surface area contributed by atoms with Crippen molar-refractivity contribution < 1.29 is 9.21 Å². The molecule has 2 aromatic heterocycles. The first-order chi connectivity index (χ1) is 13.5. The topological polar surface area (TPSA) is 73.0 Å². The van der Waals surface area contributed by atoms with Gasteiger partial charge in [0, 0.05) is 17.5 Å². The number of fused-ring (bicyclic) bond motifs is 1. The van der Waals surface area contributed by atoms with Crippen LogP contribution in [0.15, 0.2) is 58.1 Å². The van der Waals surface area contributed by atoms with Crippen molar-refractivity contribution in [1.82, 2.24) is 14.8 Å². The fraction of sp³-hybridized carbons (Fsp3) is 0.105. The Bertz CT molecular complexity index is 1170. The average molecular weight is 433 g/mol. The molecule has 0 spiro atoms. The molecule has 1 amide bonds. The highest BCUT2D eigenvalue weighted by molar-refractivity contribution is 7.99. The molecule has 0 atom stereocenters. The molecule has 0 aliphatic carbocycles. The predicted octanol–water partition coefficient (Wildman–Crippen LogP) is 5.27. The molecule has 0 aliphatic heterocycles. The van der Waals surface area contributed by atoms with Gasteiger partial charge >= 0.3 is 0 Å². The van der Waals surface area contributed by atoms with Gasteiger partial charge in [-0.15, -0.1) is 10.2 Å². The van der Waals surface area contributed by atoms with Crippen LogP contribution in [0.25, 0.3) is 22.6 Å². The lowest BCUT2D eigenvalue weighted by Crippen LogP contribution is -2.14. The summed E-state index contributed by atoms with van der Waals surface area (Å²) in [6, 6.07) is 14.4. The highest BCUT2D eigenvalue weighted by Gasteiger charge is 2.17. The molecule has 2 heterocycles. The maximum atomic E-state index is 12.2. The molecule has 6 nitrogen and oxygen atoms in total.